The van der Waals surface area contributed by atoms with Crippen LogP contribution >= 0.6 is 0 Å². The highest BCUT2D eigenvalue weighted by Gasteiger charge is 2.12. The Morgan fingerprint density at radius 3 is 2.50 bits per heavy atom. The van der Waals surface area contributed by atoms with E-state index in [2.05, 4.69) is 9.97 Å². The predicted octanol–water partition coefficient (Wildman–Crippen LogP) is 3.13. The molecular weight excluding hydrogens is 253 g/mol. The Labute approximate surface area is 116 Å². The van der Waals surface area contributed by atoms with E-state index in [1.54, 1.807) is 18.5 Å². The first-order valence-corrected chi connectivity index (χ1v) is 6.37. The van der Waals surface area contributed by atoms with Gasteiger partial charge in [0.25, 0.3) is 0 Å². The van der Waals surface area contributed by atoms with E-state index in [1.165, 1.54) is 12.1 Å². The quantitative estimate of drug-likeness (QED) is 0.776. The molecule has 0 amide bonds. The minimum absolute atomic E-state index is 0.247. The van der Waals surface area contributed by atoms with E-state index in [9.17, 15) is 4.39 Å². The summed E-state index contributed by atoms with van der Waals surface area (Å²) < 4.78 is 13.2. The second-order valence-electron chi connectivity index (χ2n) is 4.78. The third kappa shape index (κ3) is 2.26. The monoisotopic (exact) mass is 267 g/mol. The first kappa shape index (κ1) is 12.7. The van der Waals surface area contributed by atoms with Gasteiger partial charge in [0.05, 0.1) is 17.1 Å². The molecule has 0 bridgehead atoms. The van der Waals surface area contributed by atoms with Crippen molar-refractivity contribution in [1.82, 2.24) is 9.97 Å². The summed E-state index contributed by atoms with van der Waals surface area (Å²) in [6.45, 7) is 1.86. The lowest BCUT2D eigenvalue weighted by Crippen LogP contribution is -2.13. The van der Waals surface area contributed by atoms with Gasteiger partial charge in [-0.1, -0.05) is 12.1 Å². The van der Waals surface area contributed by atoms with E-state index in [4.69, 9.17) is 5.73 Å². The number of aryl methyl sites for hydroxylation is 1. The molecule has 20 heavy (non-hydrogen) atoms. The van der Waals surface area contributed by atoms with Crippen LogP contribution in [0.5, 0.6) is 0 Å². The highest BCUT2D eigenvalue weighted by molar-refractivity contribution is 5.74. The van der Waals surface area contributed by atoms with Crippen molar-refractivity contribution in [3.8, 4) is 0 Å². The summed E-state index contributed by atoms with van der Waals surface area (Å²) in [4.78, 5) is 8.51. The Balaban J connectivity index is 2.05. The van der Waals surface area contributed by atoms with Crippen molar-refractivity contribution in [3.05, 3.63) is 71.3 Å². The molecule has 1 atom stereocenters. The molecule has 0 aliphatic carbocycles. The molecule has 0 fully saturated rings. The van der Waals surface area contributed by atoms with Crippen molar-refractivity contribution in [1.29, 1.82) is 0 Å². The lowest BCUT2D eigenvalue weighted by molar-refractivity contribution is 0.624. The van der Waals surface area contributed by atoms with Gasteiger partial charge in [0.15, 0.2) is 0 Å². The fourth-order valence-electron chi connectivity index (χ4n) is 2.34. The van der Waals surface area contributed by atoms with Crippen LogP contribution in [0.3, 0.4) is 0 Å². The Morgan fingerprint density at radius 2 is 1.75 bits per heavy atom. The van der Waals surface area contributed by atoms with Gasteiger partial charge in [-0.2, -0.15) is 0 Å². The summed E-state index contributed by atoms with van der Waals surface area (Å²) in [5, 5.41) is 0. The normalized spacial score (nSPS) is 12.6. The summed E-state index contributed by atoms with van der Waals surface area (Å²) in [5.41, 5.74) is 10.6. The van der Waals surface area contributed by atoms with Crippen molar-refractivity contribution < 1.29 is 4.39 Å². The zero-order valence-corrected chi connectivity index (χ0v) is 11.0. The zero-order chi connectivity index (χ0) is 14.1. The largest absolute Gasteiger partial charge is 0.320 e. The van der Waals surface area contributed by atoms with Crippen LogP contribution in [0.25, 0.3) is 11.0 Å². The number of nitrogens with two attached hydrogens (primary N) is 1. The maximum absolute atomic E-state index is 13.2. The highest BCUT2D eigenvalue weighted by atomic mass is 19.1. The van der Waals surface area contributed by atoms with Crippen LogP contribution in [-0.2, 0) is 0 Å². The van der Waals surface area contributed by atoms with E-state index in [0.717, 1.165) is 27.7 Å². The number of halogens is 1. The number of hydrogen-bond acceptors (Lipinski definition) is 3. The molecule has 1 aromatic heterocycles. The molecule has 3 nitrogen and oxygen atoms in total. The minimum Gasteiger partial charge on any atom is -0.320 e. The molecule has 0 saturated heterocycles. The van der Waals surface area contributed by atoms with Crippen LogP contribution < -0.4 is 5.73 Å². The number of aromatic nitrogens is 2. The minimum atomic E-state index is -0.304. The van der Waals surface area contributed by atoms with Crippen molar-refractivity contribution in [2.45, 2.75) is 13.0 Å². The van der Waals surface area contributed by atoms with Gasteiger partial charge in [0.1, 0.15) is 5.82 Å². The van der Waals surface area contributed by atoms with Gasteiger partial charge < -0.3 is 5.73 Å². The zero-order valence-electron chi connectivity index (χ0n) is 11.0. The van der Waals surface area contributed by atoms with E-state index in [1.807, 2.05) is 25.1 Å². The molecular formula is C16H14FN3. The second kappa shape index (κ2) is 4.98. The fourth-order valence-corrected chi connectivity index (χ4v) is 2.34. The van der Waals surface area contributed by atoms with Crippen LogP contribution in [0.2, 0.25) is 0 Å². The highest BCUT2D eigenvalue weighted by Crippen LogP contribution is 2.25. The summed E-state index contributed by atoms with van der Waals surface area (Å²) in [7, 11) is 0. The van der Waals surface area contributed by atoms with Crippen molar-refractivity contribution in [3.63, 3.8) is 0 Å². The Hall–Kier alpha value is -2.33. The van der Waals surface area contributed by atoms with E-state index >= 15 is 0 Å². The molecule has 0 aliphatic heterocycles. The summed E-state index contributed by atoms with van der Waals surface area (Å²) >= 11 is 0. The van der Waals surface area contributed by atoms with Gasteiger partial charge in [-0.3, -0.25) is 9.97 Å². The maximum atomic E-state index is 13.2. The van der Waals surface area contributed by atoms with Crippen LogP contribution in [0.15, 0.2) is 48.8 Å². The molecule has 0 radical (unpaired) electrons. The van der Waals surface area contributed by atoms with Gasteiger partial charge in [-0.05, 0) is 47.9 Å². The average Bonchev–Trinajstić information content (AvgIpc) is 2.46. The lowest BCUT2D eigenvalue weighted by atomic mass is 9.95. The van der Waals surface area contributed by atoms with Crippen molar-refractivity contribution >= 4 is 11.0 Å². The molecule has 2 aromatic carbocycles. The molecule has 1 unspecified atom stereocenters. The molecule has 4 heteroatoms. The van der Waals surface area contributed by atoms with Gasteiger partial charge in [0.2, 0.25) is 0 Å². The van der Waals surface area contributed by atoms with E-state index < -0.39 is 0 Å². The van der Waals surface area contributed by atoms with Crippen molar-refractivity contribution in [2.75, 3.05) is 0 Å². The summed E-state index contributed by atoms with van der Waals surface area (Å²) in [6.07, 6.45) is 3.31. The molecule has 3 rings (SSSR count). The third-order valence-electron chi connectivity index (χ3n) is 3.42. The van der Waals surface area contributed by atoms with Gasteiger partial charge in [0, 0.05) is 12.4 Å². The molecule has 3 aromatic rings. The molecule has 1 heterocycles. The van der Waals surface area contributed by atoms with Gasteiger partial charge in [-0.15, -0.1) is 0 Å². The number of fused-ring (bicyclic) bond motifs is 1. The second-order valence-corrected chi connectivity index (χ2v) is 4.78. The smallest absolute Gasteiger partial charge is 0.123 e. The number of rotatable bonds is 2. The van der Waals surface area contributed by atoms with Gasteiger partial charge >= 0.3 is 0 Å². The van der Waals surface area contributed by atoms with E-state index in [0.29, 0.717) is 0 Å². The molecule has 100 valence electrons. The topological polar surface area (TPSA) is 51.8 Å². The fraction of sp³-hybridized carbons (Fsp3) is 0.125. The average molecular weight is 267 g/mol. The first-order valence-electron chi connectivity index (χ1n) is 6.37. The number of nitrogens with zero attached hydrogens (tertiary/aromatic N) is 2. The van der Waals surface area contributed by atoms with Crippen molar-refractivity contribution in [2.24, 2.45) is 5.73 Å². The maximum Gasteiger partial charge on any atom is 0.123 e. The van der Waals surface area contributed by atoms with Gasteiger partial charge in [-0.25, -0.2) is 4.39 Å². The van der Waals surface area contributed by atoms with Crippen LogP contribution in [0.1, 0.15) is 22.7 Å². The Bertz CT molecular complexity index is 771. The number of hydrogen-bond donors (Lipinski definition) is 1. The van der Waals surface area contributed by atoms with Crippen LogP contribution in [0, 0.1) is 12.7 Å². The molecule has 0 spiro atoms. The number of benzene rings is 2. The van der Waals surface area contributed by atoms with Crippen LogP contribution in [-0.4, -0.2) is 9.97 Å². The summed E-state index contributed by atoms with van der Waals surface area (Å²) in [5.74, 6) is -0.247. The first-order chi connectivity index (χ1) is 9.65. The Morgan fingerprint density at radius 1 is 1.00 bits per heavy atom. The van der Waals surface area contributed by atoms with E-state index in [-0.39, 0.29) is 11.9 Å². The predicted molar refractivity (Wildman–Crippen MR) is 76.7 cm³/mol. The lowest BCUT2D eigenvalue weighted by Gasteiger charge is -2.15. The molecule has 2 N–H and O–H groups in total. The standard InChI is InChI=1S/C16H14FN3/c1-10-8-12(17)3-4-13(10)16(18)11-2-5-14-15(9-11)20-7-6-19-14/h2-9,16H,18H2,1H3. The molecule has 0 saturated carbocycles. The summed E-state index contributed by atoms with van der Waals surface area (Å²) in [6, 6.07) is 10.1. The molecule has 0 aliphatic rings. The van der Waals surface area contributed by atoms with Crippen LogP contribution in [0.4, 0.5) is 4.39 Å². The SMILES string of the molecule is Cc1cc(F)ccc1C(N)c1ccc2nccnc2c1. The third-order valence-corrected chi connectivity index (χ3v) is 3.42. The Kier molecular flexibility index (Phi) is 3.16.